The molecule has 0 radical (unpaired) electrons. The second kappa shape index (κ2) is 6.46. The second-order valence-electron chi connectivity index (χ2n) is 5.69. The van der Waals surface area contributed by atoms with Gasteiger partial charge in [0.1, 0.15) is 9.57 Å². The van der Waals surface area contributed by atoms with Crippen LogP contribution in [0.5, 0.6) is 0 Å². The lowest BCUT2D eigenvalue weighted by Crippen LogP contribution is -2.40. The number of likely N-dealkylation sites (tertiary alicyclic amines) is 1. The summed E-state index contributed by atoms with van der Waals surface area (Å²) in [7, 11) is 0. The minimum atomic E-state index is -0.0461. The molecule has 5 heteroatoms. The maximum absolute atomic E-state index is 12.7. The lowest BCUT2D eigenvalue weighted by molar-refractivity contribution is -0.117. The molecule has 0 bridgehead atoms. The molecule has 2 aliphatic heterocycles. The first-order chi connectivity index (χ1) is 10.2. The predicted octanol–water partition coefficient (Wildman–Crippen LogP) is 3.21. The number of thiocarbonyl (C=S) groups is 1. The third-order valence-electron chi connectivity index (χ3n) is 4.15. The summed E-state index contributed by atoms with van der Waals surface area (Å²) in [6.45, 7) is 5.07. The van der Waals surface area contributed by atoms with E-state index in [1.165, 1.54) is 19.3 Å². The number of para-hydroxylation sites is 1. The molecule has 21 heavy (non-hydrogen) atoms. The van der Waals surface area contributed by atoms with Crippen LogP contribution in [0.2, 0.25) is 0 Å². The highest BCUT2D eigenvalue weighted by molar-refractivity contribution is 8.25. The summed E-state index contributed by atoms with van der Waals surface area (Å²) >= 11 is 7.00. The molecular formula is C16H20N2OS2. The van der Waals surface area contributed by atoms with Crippen molar-refractivity contribution in [1.82, 2.24) is 4.90 Å². The SMILES string of the molecule is Cc1ccccc1N1C(=O)C(CN2CCCCC2)SC1=S. The average molecular weight is 320 g/mol. The predicted molar refractivity (Wildman–Crippen MR) is 92.9 cm³/mol. The van der Waals surface area contributed by atoms with Gasteiger partial charge in [-0.05, 0) is 44.5 Å². The van der Waals surface area contributed by atoms with E-state index >= 15 is 0 Å². The van der Waals surface area contributed by atoms with E-state index < -0.39 is 0 Å². The van der Waals surface area contributed by atoms with Crippen molar-refractivity contribution in [2.45, 2.75) is 31.4 Å². The Morgan fingerprint density at radius 1 is 1.24 bits per heavy atom. The van der Waals surface area contributed by atoms with Crippen molar-refractivity contribution >= 4 is 39.9 Å². The highest BCUT2D eigenvalue weighted by Gasteiger charge is 2.39. The molecule has 0 spiro atoms. The summed E-state index contributed by atoms with van der Waals surface area (Å²) < 4.78 is 0.691. The maximum atomic E-state index is 12.7. The fourth-order valence-electron chi connectivity index (χ4n) is 2.98. The fourth-order valence-corrected chi connectivity index (χ4v) is 4.55. The van der Waals surface area contributed by atoms with Crippen LogP contribution in [0, 0.1) is 6.92 Å². The van der Waals surface area contributed by atoms with Crippen molar-refractivity contribution in [2.75, 3.05) is 24.5 Å². The molecule has 3 rings (SSSR count). The second-order valence-corrected chi connectivity index (χ2v) is 7.53. The van der Waals surface area contributed by atoms with E-state index in [0.717, 1.165) is 30.9 Å². The first-order valence-electron chi connectivity index (χ1n) is 7.49. The largest absolute Gasteiger partial charge is 0.302 e. The lowest BCUT2D eigenvalue weighted by Gasteiger charge is -2.27. The minimum absolute atomic E-state index is 0.0461. The molecule has 0 aliphatic carbocycles. The maximum Gasteiger partial charge on any atom is 0.247 e. The van der Waals surface area contributed by atoms with Gasteiger partial charge in [-0.3, -0.25) is 9.69 Å². The zero-order chi connectivity index (χ0) is 14.8. The first-order valence-corrected chi connectivity index (χ1v) is 8.78. The molecule has 0 N–H and O–H groups in total. The summed E-state index contributed by atoms with van der Waals surface area (Å²) in [4.78, 5) is 16.9. The molecule has 1 amide bonds. The highest BCUT2D eigenvalue weighted by Crippen LogP contribution is 2.34. The van der Waals surface area contributed by atoms with Gasteiger partial charge in [-0.15, -0.1) is 0 Å². The van der Waals surface area contributed by atoms with E-state index in [9.17, 15) is 4.79 Å². The zero-order valence-electron chi connectivity index (χ0n) is 12.2. The Hall–Kier alpha value is -0.910. The van der Waals surface area contributed by atoms with Gasteiger partial charge in [0.05, 0.1) is 5.69 Å². The number of hydrogen-bond acceptors (Lipinski definition) is 4. The number of rotatable bonds is 3. The van der Waals surface area contributed by atoms with Gasteiger partial charge in [0.25, 0.3) is 0 Å². The molecule has 2 saturated heterocycles. The molecule has 3 nitrogen and oxygen atoms in total. The molecule has 1 aromatic rings. The number of carbonyl (C=O) groups is 1. The number of anilines is 1. The van der Waals surface area contributed by atoms with Crippen LogP contribution in [0.3, 0.4) is 0 Å². The van der Waals surface area contributed by atoms with Crippen LogP contribution in [0.25, 0.3) is 0 Å². The van der Waals surface area contributed by atoms with Gasteiger partial charge >= 0.3 is 0 Å². The number of nitrogens with zero attached hydrogens (tertiary/aromatic N) is 2. The molecule has 1 atom stereocenters. The third kappa shape index (κ3) is 3.15. The molecule has 112 valence electrons. The van der Waals surface area contributed by atoms with Gasteiger partial charge in [0.15, 0.2) is 0 Å². The van der Waals surface area contributed by atoms with E-state index in [-0.39, 0.29) is 11.2 Å². The Labute approximate surface area is 135 Å². The van der Waals surface area contributed by atoms with Gasteiger partial charge in [-0.2, -0.15) is 0 Å². The van der Waals surface area contributed by atoms with Gasteiger partial charge in [0, 0.05) is 6.54 Å². The first kappa shape index (κ1) is 15.0. The van der Waals surface area contributed by atoms with Crippen LogP contribution in [0.15, 0.2) is 24.3 Å². The third-order valence-corrected chi connectivity index (χ3v) is 5.64. The summed E-state index contributed by atoms with van der Waals surface area (Å²) in [6, 6.07) is 7.94. The molecule has 2 heterocycles. The Morgan fingerprint density at radius 2 is 1.95 bits per heavy atom. The monoisotopic (exact) mass is 320 g/mol. The Bertz CT molecular complexity index is 555. The fraction of sp³-hybridized carbons (Fsp3) is 0.500. The van der Waals surface area contributed by atoms with Crippen LogP contribution in [-0.2, 0) is 4.79 Å². The summed E-state index contributed by atoms with van der Waals surface area (Å²) in [5, 5.41) is -0.0461. The van der Waals surface area contributed by atoms with E-state index in [0.29, 0.717) is 4.32 Å². The number of hydrogen-bond donors (Lipinski definition) is 0. The lowest BCUT2D eigenvalue weighted by atomic mass is 10.1. The summed E-state index contributed by atoms with van der Waals surface area (Å²) in [5.74, 6) is 0.143. The normalized spacial score (nSPS) is 23.9. The molecular weight excluding hydrogens is 300 g/mol. The Balaban J connectivity index is 1.74. The smallest absolute Gasteiger partial charge is 0.247 e. The Kier molecular flexibility index (Phi) is 4.62. The minimum Gasteiger partial charge on any atom is -0.302 e. The van der Waals surface area contributed by atoms with Crippen molar-refractivity contribution in [3.8, 4) is 0 Å². The summed E-state index contributed by atoms with van der Waals surface area (Å²) in [6.07, 6.45) is 3.81. The van der Waals surface area contributed by atoms with Gasteiger partial charge in [-0.25, -0.2) is 0 Å². The van der Waals surface area contributed by atoms with E-state index in [1.54, 1.807) is 16.7 Å². The standard InChI is InChI=1S/C16H20N2OS2/c1-12-7-3-4-8-13(12)18-15(19)14(21-16(18)20)11-17-9-5-2-6-10-17/h3-4,7-8,14H,2,5-6,9-11H2,1H3. The van der Waals surface area contributed by atoms with Crippen molar-refractivity contribution in [1.29, 1.82) is 0 Å². The number of piperidine rings is 1. The van der Waals surface area contributed by atoms with Gasteiger partial charge in [-0.1, -0.05) is 48.6 Å². The topological polar surface area (TPSA) is 23.6 Å². The van der Waals surface area contributed by atoms with Gasteiger partial charge < -0.3 is 4.90 Å². The number of aryl methyl sites for hydroxylation is 1. The highest BCUT2D eigenvalue weighted by atomic mass is 32.2. The zero-order valence-corrected chi connectivity index (χ0v) is 13.9. The molecule has 1 aromatic carbocycles. The van der Waals surface area contributed by atoms with Crippen molar-refractivity contribution in [3.05, 3.63) is 29.8 Å². The molecule has 0 saturated carbocycles. The number of amides is 1. The number of thioether (sulfide) groups is 1. The van der Waals surface area contributed by atoms with Crippen molar-refractivity contribution in [3.63, 3.8) is 0 Å². The number of benzene rings is 1. The number of carbonyl (C=O) groups excluding carboxylic acids is 1. The molecule has 2 aliphatic rings. The molecule has 2 fully saturated rings. The van der Waals surface area contributed by atoms with Crippen molar-refractivity contribution in [2.24, 2.45) is 0 Å². The van der Waals surface area contributed by atoms with Crippen LogP contribution >= 0.6 is 24.0 Å². The Morgan fingerprint density at radius 3 is 2.67 bits per heavy atom. The van der Waals surface area contributed by atoms with Crippen LogP contribution < -0.4 is 4.90 Å². The average Bonchev–Trinajstić information content (AvgIpc) is 2.76. The summed E-state index contributed by atoms with van der Waals surface area (Å²) in [5.41, 5.74) is 2.02. The van der Waals surface area contributed by atoms with E-state index in [1.807, 2.05) is 31.2 Å². The van der Waals surface area contributed by atoms with Crippen LogP contribution in [-0.4, -0.2) is 40.0 Å². The van der Waals surface area contributed by atoms with Crippen molar-refractivity contribution < 1.29 is 4.79 Å². The van der Waals surface area contributed by atoms with Crippen LogP contribution in [0.1, 0.15) is 24.8 Å². The van der Waals surface area contributed by atoms with Crippen LogP contribution in [0.4, 0.5) is 5.69 Å². The molecule has 1 unspecified atom stereocenters. The van der Waals surface area contributed by atoms with E-state index in [2.05, 4.69) is 4.90 Å². The van der Waals surface area contributed by atoms with Gasteiger partial charge in [0.2, 0.25) is 5.91 Å². The van der Waals surface area contributed by atoms with E-state index in [4.69, 9.17) is 12.2 Å². The quantitative estimate of drug-likeness (QED) is 0.798. The molecule has 0 aromatic heterocycles.